The van der Waals surface area contributed by atoms with Crippen molar-refractivity contribution in [3.63, 3.8) is 0 Å². The summed E-state index contributed by atoms with van der Waals surface area (Å²) >= 11 is 0. The molecule has 0 aliphatic heterocycles. The van der Waals surface area contributed by atoms with E-state index in [1.165, 1.54) is 6.42 Å². The lowest BCUT2D eigenvalue weighted by Crippen LogP contribution is -2.26. The van der Waals surface area contributed by atoms with E-state index in [4.69, 9.17) is 9.47 Å². The Morgan fingerprint density at radius 1 is 1.00 bits per heavy atom. The molecule has 0 N–H and O–H groups in total. The summed E-state index contributed by atoms with van der Waals surface area (Å²) in [4.78, 5) is 24.4. The van der Waals surface area contributed by atoms with Crippen LogP contribution in [0.25, 0.3) is 0 Å². The van der Waals surface area contributed by atoms with Crippen LogP contribution in [0.5, 0.6) is 0 Å². The van der Waals surface area contributed by atoms with Gasteiger partial charge >= 0.3 is 11.9 Å². The van der Waals surface area contributed by atoms with Gasteiger partial charge < -0.3 is 9.47 Å². The van der Waals surface area contributed by atoms with E-state index in [-0.39, 0.29) is 11.9 Å². The highest BCUT2D eigenvalue weighted by Crippen LogP contribution is 2.31. The quantitative estimate of drug-likeness (QED) is 0.553. The van der Waals surface area contributed by atoms with E-state index >= 15 is 0 Å². The van der Waals surface area contributed by atoms with Gasteiger partial charge in [-0.05, 0) is 46.0 Å². The lowest BCUT2D eigenvalue weighted by Gasteiger charge is -2.23. The van der Waals surface area contributed by atoms with Gasteiger partial charge in [0.05, 0.1) is 24.7 Å². The average molecular weight is 282 g/mol. The molecule has 4 nitrogen and oxygen atoms in total. The Kier molecular flexibility index (Phi) is 7.34. The monoisotopic (exact) mass is 282 g/mol. The summed E-state index contributed by atoms with van der Waals surface area (Å²) in [6, 6.07) is 0. The van der Waals surface area contributed by atoms with Crippen LogP contribution >= 0.6 is 0 Å². The summed E-state index contributed by atoms with van der Waals surface area (Å²) in [6.45, 7) is 6.13. The molecule has 0 saturated heterocycles. The third-order valence-electron chi connectivity index (χ3n) is 3.66. The summed E-state index contributed by atoms with van der Waals surface area (Å²) in [5.74, 6) is -1.14. The van der Waals surface area contributed by atoms with Gasteiger partial charge in [0, 0.05) is 0 Å². The molecule has 0 heterocycles. The molecular formula is C16H26O4. The van der Waals surface area contributed by atoms with Crippen LogP contribution in [-0.4, -0.2) is 25.2 Å². The van der Waals surface area contributed by atoms with Crippen molar-refractivity contribution in [2.75, 3.05) is 13.2 Å². The maximum atomic E-state index is 12.3. The second-order valence-corrected chi connectivity index (χ2v) is 5.01. The minimum Gasteiger partial charge on any atom is -0.466 e. The Bertz CT molecular complexity index is 363. The molecule has 0 bridgehead atoms. The molecule has 4 heteroatoms. The highest BCUT2D eigenvalue weighted by atomic mass is 16.5. The molecule has 0 aromatic heterocycles. The van der Waals surface area contributed by atoms with Gasteiger partial charge in [0.1, 0.15) is 0 Å². The van der Waals surface area contributed by atoms with Crippen LogP contribution in [0.2, 0.25) is 0 Å². The van der Waals surface area contributed by atoms with Crippen LogP contribution in [0.4, 0.5) is 0 Å². The molecule has 1 unspecified atom stereocenters. The fraction of sp³-hybridized carbons (Fsp3) is 0.750. The van der Waals surface area contributed by atoms with Gasteiger partial charge in [-0.1, -0.05) is 18.9 Å². The van der Waals surface area contributed by atoms with Gasteiger partial charge in [-0.25, -0.2) is 4.79 Å². The second-order valence-electron chi connectivity index (χ2n) is 5.01. The van der Waals surface area contributed by atoms with Gasteiger partial charge in [0.15, 0.2) is 0 Å². The molecule has 0 aromatic rings. The predicted octanol–water partition coefficient (Wildman–Crippen LogP) is 3.40. The molecule has 20 heavy (non-hydrogen) atoms. The molecule has 0 aromatic carbocycles. The Balaban J connectivity index is 3.07. The Morgan fingerprint density at radius 3 is 2.10 bits per heavy atom. The number of esters is 2. The number of carbonyl (C=O) groups is 2. The topological polar surface area (TPSA) is 52.6 Å². The standard InChI is InChI=1S/C16H26O4/c1-4-13(15(17)19-5-2)14(16(18)20-6-3)12-10-8-7-9-11-12/h13H,4-11H2,1-3H3. The molecule has 1 rings (SSSR count). The first-order chi connectivity index (χ1) is 9.65. The first-order valence-corrected chi connectivity index (χ1v) is 7.71. The van der Waals surface area contributed by atoms with Crippen molar-refractivity contribution in [2.45, 2.75) is 59.3 Å². The van der Waals surface area contributed by atoms with Crippen LogP contribution < -0.4 is 0 Å². The van der Waals surface area contributed by atoms with E-state index in [2.05, 4.69) is 0 Å². The first-order valence-electron chi connectivity index (χ1n) is 7.71. The molecular weight excluding hydrogens is 256 g/mol. The number of hydrogen-bond acceptors (Lipinski definition) is 4. The molecule has 1 saturated carbocycles. The zero-order valence-electron chi connectivity index (χ0n) is 12.9. The lowest BCUT2D eigenvalue weighted by atomic mass is 9.84. The molecule has 1 aliphatic carbocycles. The minimum atomic E-state index is -0.484. The number of hydrogen-bond donors (Lipinski definition) is 0. The zero-order chi connectivity index (χ0) is 15.0. The van der Waals surface area contributed by atoms with E-state index in [0.29, 0.717) is 25.2 Å². The van der Waals surface area contributed by atoms with E-state index < -0.39 is 5.92 Å². The molecule has 0 radical (unpaired) electrons. The summed E-state index contributed by atoms with van der Waals surface area (Å²) in [7, 11) is 0. The van der Waals surface area contributed by atoms with Crippen molar-refractivity contribution >= 4 is 11.9 Å². The van der Waals surface area contributed by atoms with Crippen molar-refractivity contribution in [3.8, 4) is 0 Å². The van der Waals surface area contributed by atoms with Crippen molar-refractivity contribution in [2.24, 2.45) is 5.92 Å². The van der Waals surface area contributed by atoms with Crippen molar-refractivity contribution < 1.29 is 19.1 Å². The number of allylic oxidation sites excluding steroid dienone is 1. The molecule has 0 spiro atoms. The van der Waals surface area contributed by atoms with Crippen LogP contribution in [0, 0.1) is 5.92 Å². The second kappa shape index (κ2) is 8.77. The first kappa shape index (κ1) is 16.7. The SMILES string of the molecule is CCOC(=O)C(=C1CCCCC1)C(CC)C(=O)OCC. The Morgan fingerprint density at radius 2 is 1.60 bits per heavy atom. The maximum Gasteiger partial charge on any atom is 0.334 e. The van der Waals surface area contributed by atoms with Gasteiger partial charge in [0.25, 0.3) is 0 Å². The Labute approximate surface area is 121 Å². The summed E-state index contributed by atoms with van der Waals surface area (Å²) < 4.78 is 10.3. The van der Waals surface area contributed by atoms with Gasteiger partial charge in [-0.3, -0.25) is 4.79 Å². The van der Waals surface area contributed by atoms with Crippen molar-refractivity contribution in [1.29, 1.82) is 0 Å². The van der Waals surface area contributed by atoms with E-state index in [1.807, 2.05) is 6.92 Å². The van der Waals surface area contributed by atoms with E-state index in [1.54, 1.807) is 13.8 Å². The molecule has 114 valence electrons. The largest absolute Gasteiger partial charge is 0.466 e. The fourth-order valence-corrected chi connectivity index (χ4v) is 2.72. The zero-order valence-corrected chi connectivity index (χ0v) is 12.9. The summed E-state index contributed by atoms with van der Waals surface area (Å²) in [6.07, 6.45) is 5.70. The van der Waals surface area contributed by atoms with Gasteiger partial charge in [-0.15, -0.1) is 0 Å². The van der Waals surface area contributed by atoms with Crippen molar-refractivity contribution in [3.05, 3.63) is 11.1 Å². The molecule has 1 atom stereocenters. The third-order valence-corrected chi connectivity index (χ3v) is 3.66. The Hall–Kier alpha value is -1.32. The molecule has 1 fully saturated rings. The van der Waals surface area contributed by atoms with Crippen molar-refractivity contribution in [1.82, 2.24) is 0 Å². The third kappa shape index (κ3) is 4.36. The molecule has 1 aliphatic rings. The fourth-order valence-electron chi connectivity index (χ4n) is 2.72. The highest BCUT2D eigenvalue weighted by Gasteiger charge is 2.31. The normalized spacial score (nSPS) is 16.4. The minimum absolute atomic E-state index is 0.309. The smallest absolute Gasteiger partial charge is 0.334 e. The number of rotatable bonds is 6. The van der Waals surface area contributed by atoms with Crippen LogP contribution in [0.15, 0.2) is 11.1 Å². The van der Waals surface area contributed by atoms with E-state index in [0.717, 1.165) is 31.3 Å². The number of ether oxygens (including phenoxy) is 2. The maximum absolute atomic E-state index is 12.3. The van der Waals surface area contributed by atoms with Gasteiger partial charge in [-0.2, -0.15) is 0 Å². The van der Waals surface area contributed by atoms with Crippen LogP contribution in [0.1, 0.15) is 59.3 Å². The summed E-state index contributed by atoms with van der Waals surface area (Å²) in [5, 5.41) is 0. The lowest BCUT2D eigenvalue weighted by molar-refractivity contribution is -0.150. The van der Waals surface area contributed by atoms with Crippen LogP contribution in [0.3, 0.4) is 0 Å². The van der Waals surface area contributed by atoms with E-state index in [9.17, 15) is 9.59 Å². The highest BCUT2D eigenvalue weighted by molar-refractivity contribution is 5.96. The number of carbonyl (C=O) groups excluding carboxylic acids is 2. The average Bonchev–Trinajstić information content (AvgIpc) is 2.45. The predicted molar refractivity (Wildman–Crippen MR) is 77.2 cm³/mol. The summed E-state index contributed by atoms with van der Waals surface area (Å²) in [5.41, 5.74) is 1.65. The van der Waals surface area contributed by atoms with Gasteiger partial charge in [0.2, 0.25) is 0 Å². The van der Waals surface area contributed by atoms with Crippen LogP contribution in [-0.2, 0) is 19.1 Å². The molecule has 0 amide bonds.